The number of likely N-dealkylation sites (tertiary alicyclic amines) is 1. The Bertz CT molecular complexity index is 622. The average Bonchev–Trinajstić information content (AvgIpc) is 2.68. The van der Waals surface area contributed by atoms with Crippen molar-refractivity contribution in [1.29, 1.82) is 0 Å². The fourth-order valence-electron chi connectivity index (χ4n) is 3.74. The second-order valence-electron chi connectivity index (χ2n) is 7.46. The number of nitrogens with zero attached hydrogens (tertiary/aromatic N) is 2. The van der Waals surface area contributed by atoms with Crippen molar-refractivity contribution >= 4 is 5.91 Å². The van der Waals surface area contributed by atoms with Gasteiger partial charge in [0.1, 0.15) is 5.75 Å². The van der Waals surface area contributed by atoms with Crippen molar-refractivity contribution in [2.45, 2.75) is 45.2 Å². The summed E-state index contributed by atoms with van der Waals surface area (Å²) in [5.41, 5.74) is 1.22. The van der Waals surface area contributed by atoms with Crippen molar-refractivity contribution in [2.24, 2.45) is 5.92 Å². The molecule has 0 N–H and O–H groups in total. The highest BCUT2D eigenvalue weighted by Crippen LogP contribution is 2.23. The summed E-state index contributed by atoms with van der Waals surface area (Å²) in [5.74, 6) is 0.771. The number of hydrogen-bond acceptors (Lipinski definition) is 3. The number of benzene rings is 1. The summed E-state index contributed by atoms with van der Waals surface area (Å²) in [6, 6.07) is 8.04. The highest BCUT2D eigenvalue weighted by molar-refractivity contribution is 5.76. The number of rotatable bonds is 9. The van der Waals surface area contributed by atoms with Crippen LogP contribution in [-0.4, -0.2) is 61.7 Å². The van der Waals surface area contributed by atoms with Gasteiger partial charge in [-0.25, -0.2) is 0 Å². The molecule has 4 nitrogen and oxygen atoms in total. The largest absolute Gasteiger partial charge is 0.497 e. The molecule has 1 fully saturated rings. The lowest BCUT2D eigenvalue weighted by atomic mass is 9.96. The third-order valence-electron chi connectivity index (χ3n) is 5.29. The van der Waals surface area contributed by atoms with Gasteiger partial charge in [0, 0.05) is 32.6 Å². The number of hydrogen-bond donors (Lipinski definition) is 0. The monoisotopic (exact) mass is 400 g/mol. The predicted octanol–water partition coefficient (Wildman–Crippen LogP) is 4.14. The first kappa shape index (κ1) is 22.5. The Morgan fingerprint density at radius 3 is 2.82 bits per heavy atom. The molecule has 1 amide bonds. The van der Waals surface area contributed by atoms with E-state index in [1.165, 1.54) is 5.56 Å². The van der Waals surface area contributed by atoms with Gasteiger partial charge in [0.25, 0.3) is 0 Å². The first-order valence-electron chi connectivity index (χ1n) is 10.0. The summed E-state index contributed by atoms with van der Waals surface area (Å²) in [4.78, 5) is 16.1. The van der Waals surface area contributed by atoms with Crippen LogP contribution in [0.15, 0.2) is 24.3 Å². The lowest BCUT2D eigenvalue weighted by molar-refractivity contribution is -0.149. The van der Waals surface area contributed by atoms with Crippen molar-refractivity contribution in [2.75, 3.05) is 39.8 Å². The van der Waals surface area contributed by atoms with E-state index in [1.807, 2.05) is 25.1 Å². The molecule has 0 spiro atoms. The molecule has 1 saturated heterocycles. The van der Waals surface area contributed by atoms with Crippen molar-refractivity contribution in [3.8, 4) is 5.75 Å². The molecule has 158 valence electrons. The molecule has 28 heavy (non-hydrogen) atoms. The Labute approximate surface area is 165 Å². The quantitative estimate of drug-likeness (QED) is 0.625. The van der Waals surface area contributed by atoms with Crippen LogP contribution in [0.4, 0.5) is 13.2 Å². The van der Waals surface area contributed by atoms with Crippen LogP contribution in [0.25, 0.3) is 0 Å². The topological polar surface area (TPSA) is 32.8 Å². The molecule has 2 rings (SSSR count). The van der Waals surface area contributed by atoms with Gasteiger partial charge in [0.15, 0.2) is 0 Å². The standard InChI is InChI=1S/C21H31F3N2O2/c1-3-26(20(27)9-11-21(22,23)24)16-18-7-5-12-25(15-18)13-10-17-6-4-8-19(14-17)28-2/h4,6,8,14,18H,3,5,7,9-13,15-16H2,1-2H3/t18-/m1/s1. The first-order chi connectivity index (χ1) is 13.3. The first-order valence-corrected chi connectivity index (χ1v) is 10.0. The van der Waals surface area contributed by atoms with Crippen LogP contribution >= 0.6 is 0 Å². The number of alkyl halides is 3. The Hall–Kier alpha value is -1.76. The number of carbonyl (C=O) groups excluding carboxylic acids is 1. The number of piperidine rings is 1. The Morgan fingerprint density at radius 2 is 2.14 bits per heavy atom. The molecule has 0 saturated carbocycles. The van der Waals surface area contributed by atoms with Crippen LogP contribution in [0, 0.1) is 5.92 Å². The highest BCUT2D eigenvalue weighted by Gasteiger charge is 2.30. The Kier molecular flexibility index (Phi) is 8.60. The molecule has 0 aliphatic carbocycles. The van der Waals surface area contributed by atoms with E-state index in [4.69, 9.17) is 4.74 Å². The van der Waals surface area contributed by atoms with E-state index in [0.717, 1.165) is 44.6 Å². The zero-order valence-electron chi connectivity index (χ0n) is 16.8. The third-order valence-corrected chi connectivity index (χ3v) is 5.29. The summed E-state index contributed by atoms with van der Waals surface area (Å²) >= 11 is 0. The van der Waals surface area contributed by atoms with Crippen LogP contribution in [-0.2, 0) is 11.2 Å². The SMILES string of the molecule is CCN(C[C@@H]1CCCN(CCc2cccc(OC)c2)C1)C(=O)CCC(F)(F)F. The molecule has 0 radical (unpaired) electrons. The van der Waals surface area contributed by atoms with E-state index in [-0.39, 0.29) is 0 Å². The molecular weight excluding hydrogens is 369 g/mol. The van der Waals surface area contributed by atoms with Gasteiger partial charge in [-0.3, -0.25) is 4.79 Å². The van der Waals surface area contributed by atoms with Gasteiger partial charge in [-0.1, -0.05) is 12.1 Å². The lowest BCUT2D eigenvalue weighted by Gasteiger charge is -2.35. The summed E-state index contributed by atoms with van der Waals surface area (Å²) in [7, 11) is 1.66. The maximum absolute atomic E-state index is 12.4. The van der Waals surface area contributed by atoms with E-state index in [9.17, 15) is 18.0 Å². The van der Waals surface area contributed by atoms with Gasteiger partial charge in [-0.05, 0) is 56.3 Å². The molecule has 0 aromatic heterocycles. The second-order valence-corrected chi connectivity index (χ2v) is 7.46. The fraction of sp³-hybridized carbons (Fsp3) is 0.667. The van der Waals surface area contributed by atoms with Gasteiger partial charge in [0.2, 0.25) is 5.91 Å². The van der Waals surface area contributed by atoms with Crippen molar-refractivity contribution in [3.63, 3.8) is 0 Å². The van der Waals surface area contributed by atoms with E-state index in [1.54, 1.807) is 12.0 Å². The molecule has 1 aromatic carbocycles. The summed E-state index contributed by atoms with van der Waals surface area (Å²) < 4.78 is 42.4. The zero-order valence-corrected chi connectivity index (χ0v) is 16.8. The molecule has 1 aliphatic heterocycles. The van der Waals surface area contributed by atoms with Crippen LogP contribution < -0.4 is 4.74 Å². The molecule has 1 atom stereocenters. The normalized spacial score (nSPS) is 18.1. The van der Waals surface area contributed by atoms with Gasteiger partial charge in [-0.15, -0.1) is 0 Å². The average molecular weight is 400 g/mol. The zero-order chi connectivity index (χ0) is 20.6. The molecule has 1 aromatic rings. The van der Waals surface area contributed by atoms with Gasteiger partial charge < -0.3 is 14.5 Å². The smallest absolute Gasteiger partial charge is 0.389 e. The van der Waals surface area contributed by atoms with Crippen molar-refractivity contribution < 1.29 is 22.7 Å². The summed E-state index contributed by atoms with van der Waals surface area (Å²) in [5, 5.41) is 0. The minimum atomic E-state index is -4.28. The molecule has 7 heteroatoms. The summed E-state index contributed by atoms with van der Waals surface area (Å²) in [6.07, 6.45) is -2.79. The maximum Gasteiger partial charge on any atom is 0.389 e. The maximum atomic E-state index is 12.4. The minimum Gasteiger partial charge on any atom is -0.497 e. The predicted molar refractivity (Wildman–Crippen MR) is 103 cm³/mol. The number of methoxy groups -OCH3 is 1. The molecule has 0 unspecified atom stereocenters. The molecular formula is C21H31F3N2O2. The molecule has 1 heterocycles. The lowest BCUT2D eigenvalue weighted by Crippen LogP contribution is -2.43. The number of amides is 1. The van der Waals surface area contributed by atoms with E-state index in [2.05, 4.69) is 11.0 Å². The Morgan fingerprint density at radius 1 is 1.36 bits per heavy atom. The number of halogens is 3. The fourth-order valence-corrected chi connectivity index (χ4v) is 3.74. The number of carbonyl (C=O) groups is 1. The van der Waals surface area contributed by atoms with Crippen LogP contribution in [0.1, 0.15) is 38.2 Å². The van der Waals surface area contributed by atoms with E-state index in [0.29, 0.717) is 19.0 Å². The molecule has 0 bridgehead atoms. The van der Waals surface area contributed by atoms with Crippen LogP contribution in [0.3, 0.4) is 0 Å². The second kappa shape index (κ2) is 10.7. The molecule has 1 aliphatic rings. The number of ether oxygens (including phenoxy) is 1. The summed E-state index contributed by atoms with van der Waals surface area (Å²) in [6.45, 7) is 5.66. The third kappa shape index (κ3) is 7.70. The van der Waals surface area contributed by atoms with Crippen molar-refractivity contribution in [3.05, 3.63) is 29.8 Å². The minimum absolute atomic E-state index is 0.314. The van der Waals surface area contributed by atoms with Crippen LogP contribution in [0.5, 0.6) is 5.75 Å². The van der Waals surface area contributed by atoms with Gasteiger partial charge in [0.05, 0.1) is 13.5 Å². The highest BCUT2D eigenvalue weighted by atomic mass is 19.4. The van der Waals surface area contributed by atoms with Crippen LogP contribution in [0.2, 0.25) is 0 Å². The van der Waals surface area contributed by atoms with Crippen molar-refractivity contribution in [1.82, 2.24) is 9.80 Å². The Balaban J connectivity index is 1.81. The van der Waals surface area contributed by atoms with E-state index >= 15 is 0 Å². The van der Waals surface area contributed by atoms with E-state index < -0.39 is 24.9 Å². The van der Waals surface area contributed by atoms with Gasteiger partial charge in [-0.2, -0.15) is 13.2 Å². The van der Waals surface area contributed by atoms with Gasteiger partial charge >= 0.3 is 6.18 Å².